The van der Waals surface area contributed by atoms with Gasteiger partial charge in [-0.3, -0.25) is 4.79 Å². The molecule has 0 atom stereocenters. The van der Waals surface area contributed by atoms with Crippen molar-refractivity contribution in [3.8, 4) is 11.4 Å². The van der Waals surface area contributed by atoms with Crippen LogP contribution in [-0.2, 0) is 16.1 Å². The smallest absolute Gasteiger partial charge is 0.352 e. The number of nitrogens with zero attached hydrogens (tertiary/aromatic N) is 4. The Morgan fingerprint density at radius 1 is 1.06 bits per heavy atom. The second kappa shape index (κ2) is 8.23. The van der Waals surface area contributed by atoms with Crippen molar-refractivity contribution in [3.63, 3.8) is 0 Å². The van der Waals surface area contributed by atoms with Crippen LogP contribution in [0.15, 0.2) is 65.5 Å². The van der Waals surface area contributed by atoms with Crippen LogP contribution in [0.5, 0.6) is 0 Å². The third kappa shape index (κ3) is 4.06. The first-order valence-electron chi connectivity index (χ1n) is 9.47. The predicted octanol–water partition coefficient (Wildman–Crippen LogP) is 2.29. The number of anilines is 1. The molecule has 0 unspecified atom stereocenters. The first-order chi connectivity index (χ1) is 15.0. The van der Waals surface area contributed by atoms with Crippen LogP contribution in [0.25, 0.3) is 17.0 Å². The number of aromatic nitrogens is 4. The Morgan fingerprint density at radius 2 is 1.77 bits per heavy atom. The summed E-state index contributed by atoms with van der Waals surface area (Å²) in [6, 6.07) is 17.2. The van der Waals surface area contributed by atoms with Gasteiger partial charge in [-0.2, -0.15) is 0 Å². The predicted molar refractivity (Wildman–Crippen MR) is 114 cm³/mol. The maximum absolute atomic E-state index is 13.0. The minimum atomic E-state index is -0.466. The molecule has 2 heterocycles. The molecule has 0 bridgehead atoms. The summed E-state index contributed by atoms with van der Waals surface area (Å²) in [6.45, 7) is 1.55. The van der Waals surface area contributed by atoms with E-state index in [4.69, 9.17) is 0 Å². The number of esters is 1. The van der Waals surface area contributed by atoms with Gasteiger partial charge in [0.05, 0.1) is 12.7 Å². The van der Waals surface area contributed by atoms with E-state index in [0.29, 0.717) is 28.4 Å². The number of hydrogen-bond donors (Lipinski definition) is 1. The molecule has 0 saturated heterocycles. The molecule has 0 spiro atoms. The normalized spacial score (nSPS) is 10.8. The summed E-state index contributed by atoms with van der Waals surface area (Å²) in [5.74, 6) is -0.430. The van der Waals surface area contributed by atoms with E-state index in [1.807, 2.05) is 37.3 Å². The Hall–Kier alpha value is -4.27. The average molecular weight is 417 g/mol. The lowest BCUT2D eigenvalue weighted by Gasteiger charge is -2.06. The number of fused-ring (bicyclic) bond motifs is 1. The van der Waals surface area contributed by atoms with Crippen LogP contribution in [0.4, 0.5) is 5.69 Å². The molecule has 31 heavy (non-hydrogen) atoms. The van der Waals surface area contributed by atoms with Crippen molar-refractivity contribution < 1.29 is 14.3 Å². The summed E-state index contributed by atoms with van der Waals surface area (Å²) in [6.07, 6.45) is 0. The van der Waals surface area contributed by atoms with Crippen LogP contribution in [0.3, 0.4) is 0 Å². The zero-order valence-corrected chi connectivity index (χ0v) is 16.9. The molecule has 0 radical (unpaired) electrons. The number of hydrogen-bond acceptors (Lipinski definition) is 6. The highest BCUT2D eigenvalue weighted by atomic mass is 16.5. The highest BCUT2D eigenvalue weighted by Gasteiger charge is 2.16. The van der Waals surface area contributed by atoms with Crippen LogP contribution in [0.2, 0.25) is 0 Å². The van der Waals surface area contributed by atoms with Crippen molar-refractivity contribution in [2.75, 3.05) is 12.4 Å². The third-order valence-corrected chi connectivity index (χ3v) is 4.61. The number of carbonyl (C=O) groups excluding carboxylic acids is 2. The molecular formula is C22H19N5O4. The van der Waals surface area contributed by atoms with Gasteiger partial charge in [-0.25, -0.2) is 23.7 Å². The Bertz CT molecular complexity index is 1320. The molecule has 4 rings (SSSR count). The van der Waals surface area contributed by atoms with Crippen LogP contribution < -0.4 is 11.0 Å². The number of carbonyl (C=O) groups is 2. The number of nitrogens with one attached hydrogen (secondary N) is 1. The van der Waals surface area contributed by atoms with E-state index < -0.39 is 17.6 Å². The highest BCUT2D eigenvalue weighted by Crippen LogP contribution is 2.17. The van der Waals surface area contributed by atoms with E-state index in [2.05, 4.69) is 20.1 Å². The van der Waals surface area contributed by atoms with Gasteiger partial charge in [0.1, 0.15) is 12.4 Å². The van der Waals surface area contributed by atoms with Gasteiger partial charge in [0.25, 0.3) is 0 Å². The Labute approximate surface area is 176 Å². The summed E-state index contributed by atoms with van der Waals surface area (Å²) in [5, 5.41) is 6.98. The topological polar surface area (TPSA) is 108 Å². The lowest BCUT2D eigenvalue weighted by molar-refractivity contribution is -0.117. The van der Waals surface area contributed by atoms with E-state index in [-0.39, 0.29) is 6.54 Å². The first-order valence-corrected chi connectivity index (χ1v) is 9.47. The molecule has 0 fully saturated rings. The maximum atomic E-state index is 13.0. The molecule has 0 saturated carbocycles. The van der Waals surface area contributed by atoms with Crippen molar-refractivity contribution >= 4 is 23.2 Å². The lowest BCUT2D eigenvalue weighted by atomic mass is 10.2. The summed E-state index contributed by atoms with van der Waals surface area (Å²) in [5.41, 5.74) is 2.28. The van der Waals surface area contributed by atoms with Crippen LogP contribution >= 0.6 is 0 Å². The van der Waals surface area contributed by atoms with Crippen LogP contribution in [0, 0.1) is 6.92 Å². The number of ether oxygens (including phenoxy) is 1. The Kier molecular flexibility index (Phi) is 5.31. The van der Waals surface area contributed by atoms with Gasteiger partial charge in [0.15, 0.2) is 5.65 Å². The number of rotatable bonds is 5. The summed E-state index contributed by atoms with van der Waals surface area (Å²) < 4.78 is 7.14. The third-order valence-electron chi connectivity index (χ3n) is 4.61. The molecule has 9 heteroatoms. The van der Waals surface area contributed by atoms with E-state index in [0.717, 1.165) is 10.2 Å². The molecule has 2 aromatic heterocycles. The van der Waals surface area contributed by atoms with Gasteiger partial charge in [-0.15, -0.1) is 5.10 Å². The fourth-order valence-electron chi connectivity index (χ4n) is 3.18. The van der Waals surface area contributed by atoms with E-state index in [1.54, 1.807) is 30.3 Å². The molecule has 2 aromatic carbocycles. The second-order valence-corrected chi connectivity index (χ2v) is 6.84. The standard InChI is InChI=1S/C22H19N5O4/c1-14-12-18-25-26(22(30)27(18)20(23-14)15-6-4-3-5-7-15)13-19(28)24-17-10-8-16(9-11-17)21(29)31-2/h3-12H,13H2,1-2H3,(H,24,28). The molecular weight excluding hydrogens is 398 g/mol. The monoisotopic (exact) mass is 417 g/mol. The van der Waals surface area contributed by atoms with E-state index in [1.165, 1.54) is 11.5 Å². The molecule has 9 nitrogen and oxygen atoms in total. The van der Waals surface area contributed by atoms with Crippen molar-refractivity contribution in [1.29, 1.82) is 0 Å². The highest BCUT2D eigenvalue weighted by molar-refractivity contribution is 5.92. The number of aryl methyl sites for hydroxylation is 1. The first kappa shape index (κ1) is 20.0. The van der Waals surface area contributed by atoms with Crippen LogP contribution in [0.1, 0.15) is 16.1 Å². The van der Waals surface area contributed by atoms with Gasteiger partial charge in [0, 0.05) is 23.0 Å². The number of amides is 1. The SMILES string of the molecule is COC(=O)c1ccc(NC(=O)Cn2nc3cc(C)nc(-c4ccccc4)n3c2=O)cc1. The van der Waals surface area contributed by atoms with E-state index >= 15 is 0 Å². The van der Waals surface area contributed by atoms with Gasteiger partial charge in [0.2, 0.25) is 5.91 Å². The molecule has 4 aromatic rings. The Balaban J connectivity index is 1.60. The van der Waals surface area contributed by atoms with E-state index in [9.17, 15) is 14.4 Å². The summed E-state index contributed by atoms with van der Waals surface area (Å²) in [7, 11) is 1.30. The number of benzene rings is 2. The van der Waals surface area contributed by atoms with Crippen molar-refractivity contribution in [1.82, 2.24) is 19.2 Å². The van der Waals surface area contributed by atoms with Gasteiger partial charge >= 0.3 is 11.7 Å². The molecule has 0 aliphatic rings. The van der Waals surface area contributed by atoms with Gasteiger partial charge in [-0.1, -0.05) is 30.3 Å². The molecule has 156 valence electrons. The lowest BCUT2D eigenvalue weighted by Crippen LogP contribution is -2.28. The Morgan fingerprint density at radius 3 is 2.45 bits per heavy atom. The van der Waals surface area contributed by atoms with Gasteiger partial charge in [-0.05, 0) is 31.2 Å². The molecule has 0 aliphatic heterocycles. The largest absolute Gasteiger partial charge is 0.465 e. The summed E-state index contributed by atoms with van der Waals surface area (Å²) >= 11 is 0. The molecule has 1 amide bonds. The zero-order valence-electron chi connectivity index (χ0n) is 16.9. The average Bonchev–Trinajstić information content (AvgIpc) is 3.08. The minimum absolute atomic E-state index is 0.271. The molecule has 1 N–H and O–H groups in total. The van der Waals surface area contributed by atoms with Crippen molar-refractivity contribution in [2.24, 2.45) is 0 Å². The fraction of sp³-hybridized carbons (Fsp3) is 0.136. The second-order valence-electron chi connectivity index (χ2n) is 6.84. The molecule has 0 aliphatic carbocycles. The summed E-state index contributed by atoms with van der Waals surface area (Å²) in [4.78, 5) is 41.4. The van der Waals surface area contributed by atoms with Gasteiger partial charge < -0.3 is 10.1 Å². The quantitative estimate of drug-likeness (QED) is 0.499. The van der Waals surface area contributed by atoms with Crippen molar-refractivity contribution in [3.05, 3.63) is 82.4 Å². The van der Waals surface area contributed by atoms with Crippen LogP contribution in [-0.4, -0.2) is 38.2 Å². The maximum Gasteiger partial charge on any atom is 0.352 e. The minimum Gasteiger partial charge on any atom is -0.465 e. The zero-order chi connectivity index (χ0) is 22.0. The number of methoxy groups -OCH3 is 1. The van der Waals surface area contributed by atoms with Crippen molar-refractivity contribution in [2.45, 2.75) is 13.5 Å². The fourth-order valence-corrected chi connectivity index (χ4v) is 3.18.